The number of rotatable bonds is 2. The Bertz CT molecular complexity index is 1840. The quantitative estimate of drug-likeness (QED) is 0.179. The van der Waals surface area contributed by atoms with Crippen LogP contribution in [0.25, 0.3) is 52.5 Å². The molecule has 0 aliphatic heterocycles. The second-order valence-corrected chi connectivity index (χ2v) is 10.9. The summed E-state index contributed by atoms with van der Waals surface area (Å²) >= 11 is 3.42. The maximum Gasteiger partial charge on any atom is 0.141 e. The maximum atomic E-state index is 9.31. The Hall–Kier alpha value is -4.26. The van der Waals surface area contributed by atoms with Crippen molar-refractivity contribution in [3.05, 3.63) is 146 Å². The molecule has 1 N–H and O–H groups in total. The molecule has 8 aromatic rings. The summed E-state index contributed by atoms with van der Waals surface area (Å²) in [5.74, 6) is 0.239. The fourth-order valence-electron chi connectivity index (χ4n) is 4.12. The molecular weight excluding hydrogens is 735 g/mol. The molecule has 42 heavy (non-hydrogen) atoms. The first-order valence-electron chi connectivity index (χ1n) is 12.9. The number of hydrogen-bond acceptors (Lipinski definition) is 6. The van der Waals surface area contributed by atoms with Crippen LogP contribution >= 0.6 is 22.7 Å². The summed E-state index contributed by atoms with van der Waals surface area (Å²) in [7, 11) is 0. The molecule has 0 aliphatic carbocycles. The van der Waals surface area contributed by atoms with Gasteiger partial charge in [0, 0.05) is 51.1 Å². The Morgan fingerprint density at radius 1 is 0.548 bits per heavy atom. The third-order valence-corrected chi connectivity index (χ3v) is 8.22. The standard InChI is InChI=1S/2C13H8NS.C9H7NO.Ir/c2*1-2-6-10(7-3-1)13-14-11-8-4-5-9-12(11)15-13;11-8-5-1-3-7-4-2-6-10-9(7)8;/h2*1-6,8-9H;1-6,11H;/q2*-1;;. The van der Waals surface area contributed by atoms with Crippen LogP contribution in [0.5, 0.6) is 5.75 Å². The molecule has 0 fully saturated rings. The third kappa shape index (κ3) is 6.96. The molecule has 4 nitrogen and oxygen atoms in total. The summed E-state index contributed by atoms with van der Waals surface area (Å²) < 4.78 is 2.45. The van der Waals surface area contributed by atoms with Gasteiger partial charge in [0.1, 0.15) is 11.3 Å². The van der Waals surface area contributed by atoms with Gasteiger partial charge in [-0.3, -0.25) is 15.0 Å². The summed E-state index contributed by atoms with van der Waals surface area (Å²) in [5.41, 5.74) is 4.93. The Labute approximate surface area is 265 Å². The normalized spacial score (nSPS) is 10.3. The Morgan fingerprint density at radius 2 is 1.07 bits per heavy atom. The van der Waals surface area contributed by atoms with Crippen LogP contribution in [0.4, 0.5) is 0 Å². The summed E-state index contributed by atoms with van der Waals surface area (Å²) in [6.45, 7) is 0. The minimum atomic E-state index is 0. The summed E-state index contributed by atoms with van der Waals surface area (Å²) in [4.78, 5) is 13.2. The van der Waals surface area contributed by atoms with Gasteiger partial charge in [0.05, 0.1) is 11.0 Å². The molecule has 5 aromatic carbocycles. The molecular formula is C35H23IrN3OS2-2. The molecule has 0 saturated carbocycles. The van der Waals surface area contributed by atoms with Crippen LogP contribution in [-0.4, -0.2) is 20.1 Å². The summed E-state index contributed by atoms with van der Waals surface area (Å²) in [6, 6.07) is 47.8. The third-order valence-electron chi connectivity index (χ3n) is 6.08. The smallest absolute Gasteiger partial charge is 0.141 e. The van der Waals surface area contributed by atoms with E-state index in [4.69, 9.17) is 0 Å². The van der Waals surface area contributed by atoms with Crippen LogP contribution in [-0.2, 0) is 20.1 Å². The molecule has 0 spiro atoms. The zero-order valence-electron chi connectivity index (χ0n) is 22.1. The molecule has 8 rings (SSSR count). The van der Waals surface area contributed by atoms with Gasteiger partial charge < -0.3 is 5.11 Å². The van der Waals surface area contributed by atoms with Crippen LogP contribution in [0, 0.1) is 12.1 Å². The molecule has 0 unspecified atom stereocenters. The largest absolute Gasteiger partial charge is 0.506 e. The van der Waals surface area contributed by atoms with Crippen LogP contribution in [0.1, 0.15) is 0 Å². The number of pyridine rings is 1. The predicted octanol–water partition coefficient (Wildman–Crippen LogP) is 9.46. The van der Waals surface area contributed by atoms with E-state index >= 15 is 0 Å². The SMILES string of the molecule is Oc1cccc2cccnc12.[Ir].[c-]1ccccc1-c1nc2ccccc2s1.[c-]1ccccc1-c1nc2ccccc2s1. The predicted molar refractivity (Wildman–Crippen MR) is 171 cm³/mol. The van der Waals surface area contributed by atoms with Crippen molar-refractivity contribution in [2.45, 2.75) is 0 Å². The number of hydrogen-bond donors (Lipinski definition) is 1. The number of thiazole rings is 2. The topological polar surface area (TPSA) is 58.9 Å². The first kappa shape index (κ1) is 29.2. The minimum absolute atomic E-state index is 0. The number of phenolic OH excluding ortho intramolecular Hbond substituents is 1. The number of benzene rings is 5. The van der Waals surface area contributed by atoms with Crippen molar-refractivity contribution in [3.63, 3.8) is 0 Å². The van der Waals surface area contributed by atoms with E-state index < -0.39 is 0 Å². The number of aromatic nitrogens is 3. The molecule has 1 radical (unpaired) electrons. The number of nitrogens with zero attached hydrogens (tertiary/aromatic N) is 3. The van der Waals surface area contributed by atoms with E-state index in [0.29, 0.717) is 5.52 Å². The zero-order chi connectivity index (χ0) is 27.9. The summed E-state index contributed by atoms with van der Waals surface area (Å²) in [6.07, 6.45) is 1.67. The van der Waals surface area contributed by atoms with E-state index in [1.807, 2.05) is 103 Å². The van der Waals surface area contributed by atoms with E-state index in [-0.39, 0.29) is 25.9 Å². The molecule has 3 aromatic heterocycles. The molecule has 0 aliphatic rings. The van der Waals surface area contributed by atoms with Crippen LogP contribution in [0.2, 0.25) is 0 Å². The molecule has 7 heteroatoms. The number of phenols is 1. The number of para-hydroxylation sites is 3. The molecule has 3 heterocycles. The van der Waals surface area contributed by atoms with Gasteiger partial charge in [0.25, 0.3) is 0 Å². The second kappa shape index (κ2) is 14.1. The van der Waals surface area contributed by atoms with Gasteiger partial charge in [-0.25, -0.2) is 0 Å². The Morgan fingerprint density at radius 3 is 1.57 bits per heavy atom. The van der Waals surface area contributed by atoms with Gasteiger partial charge in [0.15, 0.2) is 0 Å². The zero-order valence-corrected chi connectivity index (χ0v) is 26.2. The first-order chi connectivity index (χ1) is 20.2. The van der Waals surface area contributed by atoms with Crippen molar-refractivity contribution in [1.82, 2.24) is 15.0 Å². The fraction of sp³-hybridized carbons (Fsp3) is 0. The Balaban J connectivity index is 0.000000126. The van der Waals surface area contributed by atoms with Crippen LogP contribution < -0.4 is 0 Å². The average molecular weight is 758 g/mol. The van der Waals surface area contributed by atoms with E-state index in [9.17, 15) is 5.11 Å². The van der Waals surface area contributed by atoms with Crippen LogP contribution in [0.3, 0.4) is 0 Å². The molecule has 0 atom stereocenters. The average Bonchev–Trinajstić information content (AvgIpc) is 3.68. The van der Waals surface area contributed by atoms with Gasteiger partial charge in [-0.05, 0) is 36.4 Å². The van der Waals surface area contributed by atoms with Gasteiger partial charge in [-0.15, -0.1) is 71.8 Å². The molecule has 207 valence electrons. The molecule has 0 bridgehead atoms. The van der Waals surface area contributed by atoms with Crippen molar-refractivity contribution in [1.29, 1.82) is 0 Å². The fourth-order valence-corrected chi connectivity index (χ4v) is 6.02. The maximum absolute atomic E-state index is 9.31. The van der Waals surface area contributed by atoms with Crippen molar-refractivity contribution >= 4 is 54.0 Å². The van der Waals surface area contributed by atoms with Crippen molar-refractivity contribution in [2.24, 2.45) is 0 Å². The van der Waals surface area contributed by atoms with Gasteiger partial charge in [0.2, 0.25) is 0 Å². The van der Waals surface area contributed by atoms with Gasteiger partial charge in [-0.2, -0.15) is 22.7 Å². The Kier molecular flexibility index (Phi) is 9.80. The monoisotopic (exact) mass is 758 g/mol. The van der Waals surface area contributed by atoms with Gasteiger partial charge >= 0.3 is 0 Å². The molecule has 0 saturated heterocycles. The second-order valence-electron chi connectivity index (χ2n) is 8.88. The van der Waals surface area contributed by atoms with Gasteiger partial charge in [-0.1, -0.05) is 42.5 Å². The van der Waals surface area contributed by atoms with Crippen LogP contribution in [0.15, 0.2) is 134 Å². The first-order valence-corrected chi connectivity index (χ1v) is 14.6. The summed E-state index contributed by atoms with van der Waals surface area (Å²) in [5, 5.41) is 12.4. The van der Waals surface area contributed by atoms with E-state index in [2.05, 4.69) is 39.2 Å². The van der Waals surface area contributed by atoms with Crippen molar-refractivity contribution < 1.29 is 25.2 Å². The van der Waals surface area contributed by atoms with E-state index in [1.54, 1.807) is 41.0 Å². The van der Waals surface area contributed by atoms with Crippen molar-refractivity contribution in [2.75, 3.05) is 0 Å². The molecule has 0 amide bonds. The number of aromatic hydroxyl groups is 1. The van der Waals surface area contributed by atoms with E-state index in [0.717, 1.165) is 37.6 Å². The van der Waals surface area contributed by atoms with E-state index in [1.165, 1.54) is 9.40 Å². The minimum Gasteiger partial charge on any atom is -0.506 e. The van der Waals surface area contributed by atoms with Crippen molar-refractivity contribution in [3.8, 4) is 26.9 Å². The number of fused-ring (bicyclic) bond motifs is 3.